The van der Waals surface area contributed by atoms with E-state index in [1.54, 1.807) is 11.9 Å². The van der Waals surface area contributed by atoms with E-state index in [2.05, 4.69) is 5.16 Å². The number of benzene rings is 2. The van der Waals surface area contributed by atoms with Gasteiger partial charge in [0, 0.05) is 37.7 Å². The van der Waals surface area contributed by atoms with Crippen LogP contribution in [0.15, 0.2) is 51.9 Å². The molecule has 0 radical (unpaired) electrons. The van der Waals surface area contributed by atoms with Gasteiger partial charge in [-0.1, -0.05) is 17.3 Å². The lowest BCUT2D eigenvalue weighted by molar-refractivity contribution is -0.136. The molecule has 0 spiro atoms. The highest BCUT2D eigenvalue weighted by atomic mass is 32.2. The van der Waals surface area contributed by atoms with Crippen LogP contribution in [0.4, 0.5) is 8.78 Å². The number of ether oxygens (including phenoxy) is 2. The molecule has 3 heterocycles. The Morgan fingerprint density at radius 2 is 1.85 bits per heavy atom. The topological polar surface area (TPSA) is 102 Å². The largest absolute Gasteiger partial charge is 0.486 e. The maximum atomic E-state index is 14.0. The van der Waals surface area contributed by atoms with Gasteiger partial charge in [0.15, 0.2) is 28.3 Å². The van der Waals surface area contributed by atoms with Gasteiger partial charge < -0.3 is 18.9 Å². The third-order valence-corrected chi connectivity index (χ3v) is 9.09. The van der Waals surface area contributed by atoms with Crippen LogP contribution in [0, 0.1) is 24.5 Å². The molecule has 1 fully saturated rings. The van der Waals surface area contributed by atoms with E-state index in [1.165, 1.54) is 29.4 Å². The molecule has 0 saturated carbocycles. The fourth-order valence-corrected chi connectivity index (χ4v) is 6.65. The van der Waals surface area contributed by atoms with Gasteiger partial charge in [-0.15, -0.1) is 0 Å². The number of para-hydroxylation sites is 2. The molecular weight excluding hydrogens is 544 g/mol. The molecule has 3 aromatic rings. The number of nitrogens with zero attached hydrogens (tertiary/aromatic N) is 3. The van der Waals surface area contributed by atoms with Gasteiger partial charge in [-0.05, 0) is 56.2 Å². The molecule has 1 aromatic heterocycles. The molecular formula is C28H29F2N3O6S. The molecule has 12 heteroatoms. The van der Waals surface area contributed by atoms with E-state index in [1.807, 2.05) is 24.3 Å². The third kappa shape index (κ3) is 5.73. The first-order valence-electron chi connectivity index (χ1n) is 12.9. The van der Waals surface area contributed by atoms with Gasteiger partial charge >= 0.3 is 0 Å². The highest BCUT2D eigenvalue weighted by Crippen LogP contribution is 2.32. The Morgan fingerprint density at radius 3 is 2.58 bits per heavy atom. The average Bonchev–Trinajstić information content (AvgIpc) is 3.33. The zero-order valence-electron chi connectivity index (χ0n) is 22.0. The Hall–Kier alpha value is -3.77. The number of carbonyl (C=O) groups excluding carboxylic acids is 1. The second-order valence-electron chi connectivity index (χ2n) is 9.86. The van der Waals surface area contributed by atoms with Crippen LogP contribution >= 0.6 is 0 Å². The van der Waals surface area contributed by atoms with Crippen molar-refractivity contribution in [2.75, 3.05) is 33.3 Å². The number of fused-ring (bicyclic) bond motifs is 1. The maximum Gasteiger partial charge on any atom is 0.248 e. The van der Waals surface area contributed by atoms with Crippen molar-refractivity contribution in [1.29, 1.82) is 0 Å². The molecule has 0 aliphatic carbocycles. The number of piperidine rings is 1. The number of amides is 1. The number of hydrogen-bond acceptors (Lipinski definition) is 7. The normalized spacial score (nSPS) is 18.2. The Morgan fingerprint density at radius 1 is 1.12 bits per heavy atom. The molecule has 5 rings (SSSR count). The minimum atomic E-state index is -4.01. The van der Waals surface area contributed by atoms with Crippen molar-refractivity contribution in [3.63, 3.8) is 0 Å². The molecule has 0 N–H and O–H groups in total. The van der Waals surface area contributed by atoms with Crippen molar-refractivity contribution in [2.45, 2.75) is 30.8 Å². The van der Waals surface area contributed by atoms with E-state index >= 15 is 0 Å². The Kier molecular flexibility index (Phi) is 7.90. The zero-order valence-corrected chi connectivity index (χ0v) is 22.9. The van der Waals surface area contributed by atoms with Gasteiger partial charge in [-0.3, -0.25) is 4.79 Å². The number of hydrogen-bond donors (Lipinski definition) is 0. The minimum absolute atomic E-state index is 0.0598. The van der Waals surface area contributed by atoms with E-state index in [0.717, 1.165) is 12.1 Å². The van der Waals surface area contributed by atoms with Crippen LogP contribution in [-0.2, 0) is 14.8 Å². The number of aromatic nitrogens is 1. The SMILES string of the molecule is Cc1noc(/C=C/c2ccc(F)cc2F)c1S(=O)(=O)N1CCC(C(=O)N(C)C[C@H]2COc3ccccc3O2)CC1. The quantitative estimate of drug-likeness (QED) is 0.419. The van der Waals surface area contributed by atoms with Crippen molar-refractivity contribution in [2.24, 2.45) is 5.92 Å². The van der Waals surface area contributed by atoms with Crippen LogP contribution in [0.3, 0.4) is 0 Å². The van der Waals surface area contributed by atoms with Crippen molar-refractivity contribution < 1.29 is 36.0 Å². The molecule has 2 aliphatic heterocycles. The van der Waals surface area contributed by atoms with Crippen molar-refractivity contribution in [3.05, 3.63) is 71.1 Å². The lowest BCUT2D eigenvalue weighted by atomic mass is 9.96. The van der Waals surface area contributed by atoms with Gasteiger partial charge in [0.05, 0.1) is 6.54 Å². The summed E-state index contributed by atoms with van der Waals surface area (Å²) in [6.07, 6.45) is 2.99. The Labute approximate surface area is 231 Å². The summed E-state index contributed by atoms with van der Waals surface area (Å²) >= 11 is 0. The summed E-state index contributed by atoms with van der Waals surface area (Å²) in [5, 5.41) is 3.79. The molecule has 2 aliphatic rings. The number of halogens is 2. The van der Waals surface area contributed by atoms with Crippen LogP contribution in [-0.4, -0.2) is 68.1 Å². The van der Waals surface area contributed by atoms with Crippen LogP contribution in [0.5, 0.6) is 11.5 Å². The standard InChI is InChI=1S/C28H29F2N3O6S/c1-18-27(26(39-31-18)10-8-19-7-9-21(29)15-23(19)30)40(35,36)33-13-11-20(12-14-33)28(34)32(2)16-22-17-37-24-5-3-4-6-25(24)38-22/h3-10,15,20,22H,11-14,16-17H2,1-2H3/b10-8+/t22-/m0/s1. The molecule has 0 unspecified atom stereocenters. The highest BCUT2D eigenvalue weighted by Gasteiger charge is 2.37. The van der Waals surface area contributed by atoms with E-state index in [9.17, 15) is 22.0 Å². The molecule has 2 aromatic carbocycles. The van der Waals surface area contributed by atoms with E-state index in [-0.39, 0.29) is 52.9 Å². The Bertz CT molecular complexity index is 1530. The summed E-state index contributed by atoms with van der Waals surface area (Å²) in [5.41, 5.74) is 0.227. The van der Waals surface area contributed by atoms with Crippen LogP contribution in [0.25, 0.3) is 12.2 Å². The molecule has 1 atom stereocenters. The predicted octanol–water partition coefficient (Wildman–Crippen LogP) is 4.13. The summed E-state index contributed by atoms with van der Waals surface area (Å²) in [6, 6.07) is 10.4. The van der Waals surface area contributed by atoms with Crippen molar-refractivity contribution in [3.8, 4) is 11.5 Å². The molecule has 0 bridgehead atoms. The lowest BCUT2D eigenvalue weighted by Crippen LogP contribution is -2.47. The second-order valence-corrected chi connectivity index (χ2v) is 11.7. The van der Waals surface area contributed by atoms with E-state index < -0.39 is 21.7 Å². The van der Waals surface area contributed by atoms with Gasteiger partial charge in [0.1, 0.15) is 23.9 Å². The molecule has 40 heavy (non-hydrogen) atoms. The number of sulfonamides is 1. The number of carbonyl (C=O) groups is 1. The summed E-state index contributed by atoms with van der Waals surface area (Å²) < 4.78 is 72.5. The third-order valence-electron chi connectivity index (χ3n) is 7.03. The summed E-state index contributed by atoms with van der Waals surface area (Å²) in [7, 11) is -2.30. The summed E-state index contributed by atoms with van der Waals surface area (Å²) in [4.78, 5) is 14.6. The first kappa shape index (κ1) is 27.8. The van der Waals surface area contributed by atoms with E-state index in [4.69, 9.17) is 14.0 Å². The molecule has 1 amide bonds. The predicted molar refractivity (Wildman–Crippen MR) is 142 cm³/mol. The first-order valence-corrected chi connectivity index (χ1v) is 14.3. The van der Waals surface area contributed by atoms with Gasteiger partial charge in [-0.2, -0.15) is 4.31 Å². The minimum Gasteiger partial charge on any atom is -0.486 e. The smallest absolute Gasteiger partial charge is 0.248 e. The fourth-order valence-electron chi connectivity index (χ4n) is 4.93. The van der Waals surface area contributed by atoms with Gasteiger partial charge in [-0.25, -0.2) is 17.2 Å². The van der Waals surface area contributed by atoms with Gasteiger partial charge in [0.25, 0.3) is 0 Å². The van der Waals surface area contributed by atoms with E-state index in [0.29, 0.717) is 37.5 Å². The second kappa shape index (κ2) is 11.4. The fraction of sp³-hybridized carbons (Fsp3) is 0.357. The summed E-state index contributed by atoms with van der Waals surface area (Å²) in [6.45, 7) is 2.46. The average molecular weight is 574 g/mol. The number of aryl methyl sites for hydroxylation is 1. The number of rotatable bonds is 7. The maximum absolute atomic E-state index is 14.0. The number of likely N-dealkylation sites (N-methyl/N-ethyl adjacent to an activating group) is 1. The lowest BCUT2D eigenvalue weighted by Gasteiger charge is -2.34. The highest BCUT2D eigenvalue weighted by molar-refractivity contribution is 7.89. The van der Waals surface area contributed by atoms with Crippen molar-refractivity contribution >= 4 is 28.1 Å². The summed E-state index contributed by atoms with van der Waals surface area (Å²) in [5.74, 6) is -0.673. The van der Waals surface area contributed by atoms with Crippen LogP contribution in [0.1, 0.15) is 29.9 Å². The van der Waals surface area contributed by atoms with Gasteiger partial charge in [0.2, 0.25) is 15.9 Å². The van der Waals surface area contributed by atoms with Crippen LogP contribution < -0.4 is 9.47 Å². The molecule has 212 valence electrons. The van der Waals surface area contributed by atoms with Crippen LogP contribution in [0.2, 0.25) is 0 Å². The monoisotopic (exact) mass is 573 g/mol. The zero-order chi connectivity index (χ0) is 28.4. The molecule has 9 nitrogen and oxygen atoms in total. The van der Waals surface area contributed by atoms with Crippen molar-refractivity contribution in [1.82, 2.24) is 14.4 Å². The molecule has 1 saturated heterocycles. The Balaban J connectivity index is 1.21. The first-order chi connectivity index (χ1) is 19.1.